The Morgan fingerprint density at radius 3 is 1.70 bits per heavy atom. The quantitative estimate of drug-likeness (QED) is 0.0319. The summed E-state index contributed by atoms with van der Waals surface area (Å²) in [6.07, 6.45) is 36.1. The zero-order chi connectivity index (χ0) is 41.1. The van der Waals surface area contributed by atoms with Crippen LogP contribution in [-0.2, 0) is 23.9 Å². The van der Waals surface area contributed by atoms with E-state index in [-0.39, 0.29) is 55.6 Å². The van der Waals surface area contributed by atoms with Gasteiger partial charge < -0.3 is 24.8 Å². The number of unbranched alkanes of at least 4 members (excludes halogenated alkanes) is 22. The molecule has 1 unspecified atom stereocenters. The van der Waals surface area contributed by atoms with Crippen molar-refractivity contribution in [1.82, 2.24) is 0 Å². The Kier molecular flexibility index (Phi) is 33.9. The highest BCUT2D eigenvalue weighted by atomic mass is 16.6. The third kappa shape index (κ3) is 28.6. The van der Waals surface area contributed by atoms with Gasteiger partial charge >= 0.3 is 11.9 Å². The van der Waals surface area contributed by atoms with Crippen LogP contribution >= 0.6 is 0 Å². The molecule has 1 aliphatic rings. The lowest BCUT2D eigenvalue weighted by molar-refractivity contribution is -0.161. The molecule has 56 heavy (non-hydrogen) atoms. The van der Waals surface area contributed by atoms with E-state index in [0.29, 0.717) is 19.3 Å². The molecule has 0 spiro atoms. The van der Waals surface area contributed by atoms with Crippen LogP contribution in [0.2, 0.25) is 0 Å². The maximum Gasteiger partial charge on any atom is 0.306 e. The number of carbonyl (C=O) groups excluding carboxylic acids is 3. The van der Waals surface area contributed by atoms with Gasteiger partial charge in [0, 0.05) is 25.2 Å². The molecule has 0 radical (unpaired) electrons. The lowest BCUT2D eigenvalue weighted by atomic mass is 9.88. The maximum atomic E-state index is 12.5. The first-order valence-corrected chi connectivity index (χ1v) is 23.7. The lowest BCUT2D eigenvalue weighted by Gasteiger charge is -2.19. The average molecular weight is 793 g/mol. The Labute approximate surface area is 343 Å². The van der Waals surface area contributed by atoms with Crippen molar-refractivity contribution in [2.24, 2.45) is 17.8 Å². The smallest absolute Gasteiger partial charge is 0.306 e. The molecule has 6 atom stereocenters. The first kappa shape index (κ1) is 52.2. The van der Waals surface area contributed by atoms with E-state index < -0.39 is 18.3 Å². The SMILES string of the molecule is CCCCC[C@H](O)/C=C/[C@H]1C(=O)C[C@H](O)[C@@H]1CCCCCCC(=O)OC[C@H](CO)OC(=O)CCCCCCCCCCCCCCCCCCCCC(C)CC. The third-order valence-corrected chi connectivity index (χ3v) is 12.0. The van der Waals surface area contributed by atoms with E-state index >= 15 is 0 Å². The summed E-state index contributed by atoms with van der Waals surface area (Å²) >= 11 is 0. The summed E-state index contributed by atoms with van der Waals surface area (Å²) in [6.45, 7) is 6.26. The van der Waals surface area contributed by atoms with Crippen LogP contribution in [0.3, 0.4) is 0 Å². The highest BCUT2D eigenvalue weighted by Gasteiger charge is 2.39. The molecule has 8 heteroatoms. The minimum Gasteiger partial charge on any atom is -0.462 e. The van der Waals surface area contributed by atoms with Gasteiger partial charge in [-0.05, 0) is 37.5 Å². The van der Waals surface area contributed by atoms with Gasteiger partial charge in [-0.25, -0.2) is 0 Å². The number of aliphatic hydroxyl groups excluding tert-OH is 3. The molecule has 0 aromatic carbocycles. The molecular formula is C48H88O8. The predicted molar refractivity (Wildman–Crippen MR) is 229 cm³/mol. The van der Waals surface area contributed by atoms with Crippen molar-refractivity contribution >= 4 is 17.7 Å². The molecule has 3 N–H and O–H groups in total. The number of rotatable bonds is 39. The summed E-state index contributed by atoms with van der Waals surface area (Å²) in [5.41, 5.74) is 0. The fraction of sp³-hybridized carbons (Fsp3) is 0.896. The van der Waals surface area contributed by atoms with E-state index in [2.05, 4.69) is 20.8 Å². The standard InChI is InChI=1S/C48H88O8/c1-4-6-25-31-41(50)35-36-44-43(45(51)37-46(44)52)32-27-23-24-28-33-47(53)55-39-42(38-49)56-48(54)34-29-22-20-18-16-14-12-10-8-7-9-11-13-15-17-19-21-26-30-40(3)5-2/h35-36,40-45,49-51H,4-34,37-39H2,1-3H3/b36-35+/t40?,41-,42-,43+,44+,45-/m0/s1. The molecular weight excluding hydrogens is 705 g/mol. The molecule has 0 aromatic heterocycles. The van der Waals surface area contributed by atoms with Crippen LogP contribution in [0.25, 0.3) is 0 Å². The second-order valence-corrected chi connectivity index (χ2v) is 17.2. The summed E-state index contributed by atoms with van der Waals surface area (Å²) < 4.78 is 10.6. The first-order chi connectivity index (χ1) is 27.2. The Morgan fingerprint density at radius 2 is 1.18 bits per heavy atom. The molecule has 0 aromatic rings. The van der Waals surface area contributed by atoms with Crippen LogP contribution < -0.4 is 0 Å². The number of carbonyl (C=O) groups is 3. The summed E-state index contributed by atoms with van der Waals surface area (Å²) in [5.74, 6) is -0.272. The van der Waals surface area contributed by atoms with Gasteiger partial charge in [0.05, 0.1) is 18.8 Å². The van der Waals surface area contributed by atoms with Gasteiger partial charge in [0.25, 0.3) is 0 Å². The average Bonchev–Trinajstić information content (AvgIpc) is 3.46. The van der Waals surface area contributed by atoms with Crippen LogP contribution in [0.5, 0.6) is 0 Å². The van der Waals surface area contributed by atoms with E-state index in [1.807, 2.05) is 0 Å². The number of allylic oxidation sites excluding steroid dienone is 1. The van der Waals surface area contributed by atoms with E-state index in [1.165, 1.54) is 109 Å². The largest absolute Gasteiger partial charge is 0.462 e. The number of Topliss-reactive ketones (excluding diaryl/α,β-unsaturated/α-hetero) is 1. The summed E-state index contributed by atoms with van der Waals surface area (Å²) in [7, 11) is 0. The minimum atomic E-state index is -0.842. The van der Waals surface area contributed by atoms with Crippen LogP contribution in [0.1, 0.15) is 226 Å². The zero-order valence-electron chi connectivity index (χ0n) is 36.5. The van der Waals surface area contributed by atoms with Crippen molar-refractivity contribution in [3.63, 3.8) is 0 Å². The topological polar surface area (TPSA) is 130 Å². The molecule has 0 bridgehead atoms. The molecule has 1 aliphatic carbocycles. The second-order valence-electron chi connectivity index (χ2n) is 17.2. The van der Waals surface area contributed by atoms with Gasteiger partial charge in [0.1, 0.15) is 12.4 Å². The Balaban J connectivity index is 1.98. The number of esters is 2. The number of hydrogen-bond donors (Lipinski definition) is 3. The van der Waals surface area contributed by atoms with Gasteiger partial charge in [-0.2, -0.15) is 0 Å². The van der Waals surface area contributed by atoms with E-state index in [9.17, 15) is 29.7 Å². The number of aliphatic hydroxyl groups is 3. The van der Waals surface area contributed by atoms with Gasteiger partial charge in [0.15, 0.2) is 6.10 Å². The predicted octanol–water partition coefficient (Wildman–Crippen LogP) is 11.7. The Hall–Kier alpha value is -1.77. The normalized spacial score (nSPS) is 18.8. The van der Waals surface area contributed by atoms with Crippen molar-refractivity contribution in [2.75, 3.05) is 13.2 Å². The minimum absolute atomic E-state index is 0.0371. The molecule has 0 saturated heterocycles. The highest BCUT2D eigenvalue weighted by Crippen LogP contribution is 2.34. The van der Waals surface area contributed by atoms with Crippen LogP contribution in [0, 0.1) is 17.8 Å². The number of hydrogen-bond acceptors (Lipinski definition) is 8. The monoisotopic (exact) mass is 793 g/mol. The molecule has 1 rings (SSSR count). The fourth-order valence-corrected chi connectivity index (χ4v) is 7.97. The summed E-state index contributed by atoms with van der Waals surface area (Å²) in [4.78, 5) is 37.0. The Bertz CT molecular complexity index is 982. The number of ether oxygens (including phenoxy) is 2. The van der Waals surface area contributed by atoms with Gasteiger partial charge in [-0.15, -0.1) is 0 Å². The van der Waals surface area contributed by atoms with Crippen molar-refractivity contribution in [1.29, 1.82) is 0 Å². The van der Waals surface area contributed by atoms with Crippen LogP contribution in [-0.4, -0.2) is 64.6 Å². The van der Waals surface area contributed by atoms with Crippen molar-refractivity contribution in [2.45, 2.75) is 245 Å². The van der Waals surface area contributed by atoms with Gasteiger partial charge in [0.2, 0.25) is 0 Å². The zero-order valence-corrected chi connectivity index (χ0v) is 36.5. The second kappa shape index (κ2) is 36.3. The first-order valence-electron chi connectivity index (χ1n) is 23.7. The molecule has 1 fully saturated rings. The van der Waals surface area contributed by atoms with Crippen molar-refractivity contribution in [3.8, 4) is 0 Å². The molecule has 1 saturated carbocycles. The fourth-order valence-electron chi connectivity index (χ4n) is 7.97. The maximum absolute atomic E-state index is 12.5. The Morgan fingerprint density at radius 1 is 0.696 bits per heavy atom. The van der Waals surface area contributed by atoms with Crippen LogP contribution in [0.15, 0.2) is 12.2 Å². The summed E-state index contributed by atoms with van der Waals surface area (Å²) in [6, 6.07) is 0. The van der Waals surface area contributed by atoms with E-state index in [4.69, 9.17) is 9.47 Å². The van der Waals surface area contributed by atoms with Crippen LogP contribution in [0.4, 0.5) is 0 Å². The van der Waals surface area contributed by atoms with E-state index in [0.717, 1.165) is 70.1 Å². The molecule has 328 valence electrons. The molecule has 0 amide bonds. The van der Waals surface area contributed by atoms with Gasteiger partial charge in [-0.1, -0.05) is 193 Å². The van der Waals surface area contributed by atoms with E-state index in [1.54, 1.807) is 12.2 Å². The number of ketones is 1. The molecule has 0 aliphatic heterocycles. The third-order valence-electron chi connectivity index (χ3n) is 12.0. The lowest BCUT2D eigenvalue weighted by Crippen LogP contribution is -2.28. The van der Waals surface area contributed by atoms with Crippen molar-refractivity contribution < 1.29 is 39.2 Å². The highest BCUT2D eigenvalue weighted by molar-refractivity contribution is 5.86. The van der Waals surface area contributed by atoms with Crippen molar-refractivity contribution in [3.05, 3.63) is 12.2 Å². The van der Waals surface area contributed by atoms with Gasteiger partial charge in [-0.3, -0.25) is 14.4 Å². The molecule has 0 heterocycles. The molecule has 8 nitrogen and oxygen atoms in total. The summed E-state index contributed by atoms with van der Waals surface area (Å²) in [5, 5.41) is 30.3.